The fourth-order valence-corrected chi connectivity index (χ4v) is 2.15. The summed E-state index contributed by atoms with van der Waals surface area (Å²) >= 11 is 0. The second kappa shape index (κ2) is 7.39. The smallest absolute Gasteiger partial charge is 0.416 e. The van der Waals surface area contributed by atoms with E-state index in [1.165, 1.54) is 17.0 Å². The van der Waals surface area contributed by atoms with Crippen molar-refractivity contribution >= 4 is 11.6 Å². The van der Waals surface area contributed by atoms with Crippen molar-refractivity contribution < 1.29 is 22.7 Å². The standard InChI is InChI=1S/C17H17F3N2O2/c1-2-24-11-13(9-21)16(23)22(10-12-6-7-12)15-5-3-4-14(8-15)17(18,19)20/h3-5,8,11-12H,2,6-7,10H2,1H3. The molecule has 1 amide bonds. The van der Waals surface area contributed by atoms with Gasteiger partial charge in [0.2, 0.25) is 0 Å². The maximum Gasteiger partial charge on any atom is 0.416 e. The van der Waals surface area contributed by atoms with E-state index in [4.69, 9.17) is 10.00 Å². The molecule has 1 fully saturated rings. The average molecular weight is 338 g/mol. The minimum absolute atomic E-state index is 0.124. The highest BCUT2D eigenvalue weighted by atomic mass is 19.4. The van der Waals surface area contributed by atoms with Gasteiger partial charge in [0.1, 0.15) is 12.3 Å². The van der Waals surface area contributed by atoms with Crippen LogP contribution in [0.5, 0.6) is 0 Å². The van der Waals surface area contributed by atoms with Crippen LogP contribution in [0, 0.1) is 17.2 Å². The van der Waals surface area contributed by atoms with Crippen molar-refractivity contribution in [3.8, 4) is 6.07 Å². The first-order valence-corrected chi connectivity index (χ1v) is 7.57. The largest absolute Gasteiger partial charge is 0.500 e. The Morgan fingerprint density at radius 2 is 2.17 bits per heavy atom. The minimum atomic E-state index is -4.50. The molecule has 2 rings (SSSR count). The van der Waals surface area contributed by atoms with Gasteiger partial charge in [0.15, 0.2) is 5.57 Å². The average Bonchev–Trinajstić information content (AvgIpc) is 3.36. The molecule has 1 aliphatic rings. The van der Waals surface area contributed by atoms with E-state index >= 15 is 0 Å². The zero-order valence-electron chi connectivity index (χ0n) is 13.1. The van der Waals surface area contributed by atoms with E-state index < -0.39 is 17.6 Å². The number of rotatable bonds is 6. The van der Waals surface area contributed by atoms with Crippen LogP contribution in [-0.4, -0.2) is 19.1 Å². The van der Waals surface area contributed by atoms with Crippen LogP contribution >= 0.6 is 0 Å². The molecule has 0 heterocycles. The highest BCUT2D eigenvalue weighted by Crippen LogP contribution is 2.35. The van der Waals surface area contributed by atoms with E-state index in [1.54, 1.807) is 13.0 Å². The number of hydrogen-bond donors (Lipinski definition) is 0. The Morgan fingerprint density at radius 3 is 2.71 bits per heavy atom. The molecule has 0 aliphatic heterocycles. The van der Waals surface area contributed by atoms with Gasteiger partial charge in [-0.3, -0.25) is 4.79 Å². The van der Waals surface area contributed by atoms with Crippen LogP contribution in [0.1, 0.15) is 25.3 Å². The third kappa shape index (κ3) is 4.51. The predicted molar refractivity (Wildman–Crippen MR) is 81.8 cm³/mol. The number of amides is 1. The third-order valence-electron chi connectivity index (χ3n) is 3.59. The van der Waals surface area contributed by atoms with E-state index in [0.29, 0.717) is 0 Å². The van der Waals surface area contributed by atoms with Crippen LogP contribution in [0.25, 0.3) is 0 Å². The molecule has 0 N–H and O–H groups in total. The van der Waals surface area contributed by atoms with Gasteiger partial charge in [-0.05, 0) is 43.9 Å². The molecule has 0 atom stereocenters. The molecule has 0 radical (unpaired) electrons. The molecule has 0 bridgehead atoms. The van der Waals surface area contributed by atoms with Crippen LogP contribution in [0.4, 0.5) is 18.9 Å². The van der Waals surface area contributed by atoms with Gasteiger partial charge in [-0.1, -0.05) is 6.07 Å². The molecule has 0 spiro atoms. The number of nitrogens with zero attached hydrogens (tertiary/aromatic N) is 2. The number of benzene rings is 1. The summed E-state index contributed by atoms with van der Waals surface area (Å²) in [5.41, 5.74) is -0.949. The monoisotopic (exact) mass is 338 g/mol. The number of alkyl halides is 3. The summed E-state index contributed by atoms with van der Waals surface area (Å²) in [4.78, 5) is 13.8. The molecule has 0 saturated heterocycles. The fourth-order valence-electron chi connectivity index (χ4n) is 2.15. The Balaban J connectivity index is 2.35. The van der Waals surface area contributed by atoms with Gasteiger partial charge >= 0.3 is 6.18 Å². The molecule has 1 aliphatic carbocycles. The maximum absolute atomic E-state index is 12.9. The lowest BCUT2D eigenvalue weighted by atomic mass is 10.1. The Morgan fingerprint density at radius 1 is 1.46 bits per heavy atom. The molecule has 24 heavy (non-hydrogen) atoms. The zero-order chi connectivity index (χ0) is 17.7. The SMILES string of the molecule is CCOC=C(C#N)C(=O)N(CC1CC1)c1cccc(C(F)(F)F)c1. The first kappa shape index (κ1) is 17.9. The van der Waals surface area contributed by atoms with Crippen LogP contribution in [-0.2, 0) is 15.7 Å². The van der Waals surface area contributed by atoms with Crippen molar-refractivity contribution in [2.75, 3.05) is 18.1 Å². The summed E-state index contributed by atoms with van der Waals surface area (Å²) in [6, 6.07) is 6.31. The quantitative estimate of drug-likeness (QED) is 0.449. The van der Waals surface area contributed by atoms with E-state index in [2.05, 4.69) is 0 Å². The number of hydrogen-bond acceptors (Lipinski definition) is 3. The zero-order valence-corrected chi connectivity index (χ0v) is 13.1. The molecule has 0 unspecified atom stereocenters. The summed E-state index contributed by atoms with van der Waals surface area (Å²) in [5.74, 6) is -0.410. The van der Waals surface area contributed by atoms with Gasteiger partial charge in [-0.2, -0.15) is 18.4 Å². The number of halogens is 3. The third-order valence-corrected chi connectivity index (χ3v) is 3.59. The van der Waals surface area contributed by atoms with Crippen LogP contribution in [0.15, 0.2) is 36.1 Å². The van der Waals surface area contributed by atoms with Gasteiger partial charge in [0.25, 0.3) is 5.91 Å². The number of nitriles is 1. The molecular weight excluding hydrogens is 321 g/mol. The fraction of sp³-hybridized carbons (Fsp3) is 0.412. The van der Waals surface area contributed by atoms with Crippen molar-refractivity contribution in [2.24, 2.45) is 5.92 Å². The van der Waals surface area contributed by atoms with Gasteiger partial charge in [0, 0.05) is 12.2 Å². The molecule has 1 aromatic rings. The Labute approximate surface area is 138 Å². The predicted octanol–water partition coefficient (Wildman–Crippen LogP) is 3.89. The summed E-state index contributed by atoms with van der Waals surface area (Å²) in [6.07, 6.45) is -1.61. The molecule has 4 nitrogen and oxygen atoms in total. The van der Waals surface area contributed by atoms with Crippen molar-refractivity contribution in [3.63, 3.8) is 0 Å². The van der Waals surface area contributed by atoms with Crippen molar-refractivity contribution in [3.05, 3.63) is 41.7 Å². The van der Waals surface area contributed by atoms with Crippen molar-refractivity contribution in [1.82, 2.24) is 0 Å². The molecular formula is C17H17F3N2O2. The second-order valence-corrected chi connectivity index (χ2v) is 5.51. The van der Waals surface area contributed by atoms with E-state index in [9.17, 15) is 18.0 Å². The Kier molecular flexibility index (Phi) is 5.50. The number of carbonyl (C=O) groups excluding carboxylic acids is 1. The van der Waals surface area contributed by atoms with Gasteiger partial charge in [0.05, 0.1) is 12.2 Å². The highest BCUT2D eigenvalue weighted by molar-refractivity contribution is 6.08. The molecule has 0 aromatic heterocycles. The summed E-state index contributed by atoms with van der Waals surface area (Å²) < 4.78 is 43.7. The second-order valence-electron chi connectivity index (χ2n) is 5.51. The first-order chi connectivity index (χ1) is 11.4. The summed E-state index contributed by atoms with van der Waals surface area (Å²) in [6.45, 7) is 2.26. The minimum Gasteiger partial charge on any atom is -0.500 e. The normalized spacial score (nSPS) is 14.9. The van der Waals surface area contributed by atoms with Gasteiger partial charge < -0.3 is 9.64 Å². The Hall–Kier alpha value is -2.49. The number of anilines is 1. The lowest BCUT2D eigenvalue weighted by Crippen LogP contribution is -2.34. The number of ether oxygens (including phenoxy) is 1. The van der Waals surface area contributed by atoms with Crippen LogP contribution in [0.3, 0.4) is 0 Å². The lowest BCUT2D eigenvalue weighted by Gasteiger charge is -2.23. The Bertz CT molecular complexity index is 673. The van der Waals surface area contributed by atoms with Crippen LogP contribution < -0.4 is 4.90 Å². The van der Waals surface area contributed by atoms with Crippen molar-refractivity contribution in [1.29, 1.82) is 5.26 Å². The molecule has 128 valence electrons. The van der Waals surface area contributed by atoms with Gasteiger partial charge in [-0.25, -0.2) is 0 Å². The summed E-state index contributed by atoms with van der Waals surface area (Å²) in [7, 11) is 0. The topological polar surface area (TPSA) is 53.3 Å². The van der Waals surface area contributed by atoms with Crippen molar-refractivity contribution in [2.45, 2.75) is 25.9 Å². The van der Waals surface area contributed by atoms with Crippen LogP contribution in [0.2, 0.25) is 0 Å². The first-order valence-electron chi connectivity index (χ1n) is 7.57. The highest BCUT2D eigenvalue weighted by Gasteiger charge is 2.33. The maximum atomic E-state index is 12.9. The molecule has 1 saturated carbocycles. The lowest BCUT2D eigenvalue weighted by molar-refractivity contribution is -0.137. The van der Waals surface area contributed by atoms with E-state index in [-0.39, 0.29) is 30.3 Å². The van der Waals surface area contributed by atoms with Gasteiger partial charge in [-0.15, -0.1) is 0 Å². The number of carbonyl (C=O) groups is 1. The van der Waals surface area contributed by atoms with E-state index in [1.807, 2.05) is 0 Å². The molecule has 1 aromatic carbocycles. The molecule has 7 heteroatoms. The summed E-state index contributed by atoms with van der Waals surface area (Å²) in [5, 5.41) is 9.13. The van der Waals surface area contributed by atoms with E-state index in [0.717, 1.165) is 31.2 Å².